The van der Waals surface area contributed by atoms with Crippen LogP contribution in [0.3, 0.4) is 0 Å². The van der Waals surface area contributed by atoms with Gasteiger partial charge in [0.15, 0.2) is 0 Å². The molecule has 3 nitrogen and oxygen atoms in total. The Morgan fingerprint density at radius 2 is 1.94 bits per heavy atom. The average Bonchev–Trinajstić information content (AvgIpc) is 2.38. The number of rotatable bonds is 3. The first-order chi connectivity index (χ1) is 8.66. The zero-order valence-electron chi connectivity index (χ0n) is 9.36. The van der Waals surface area contributed by atoms with E-state index in [1.54, 1.807) is 18.2 Å². The van der Waals surface area contributed by atoms with Gasteiger partial charge in [0, 0.05) is 18.3 Å². The van der Waals surface area contributed by atoms with Crippen LogP contribution in [0.5, 0.6) is 0 Å². The van der Waals surface area contributed by atoms with Crippen molar-refractivity contribution >= 4 is 5.91 Å². The van der Waals surface area contributed by atoms with Crippen molar-refractivity contribution in [3.63, 3.8) is 0 Å². The van der Waals surface area contributed by atoms with Crippen molar-refractivity contribution in [1.82, 2.24) is 10.3 Å². The summed E-state index contributed by atoms with van der Waals surface area (Å²) in [6.07, 6.45) is 1.13. The molecule has 2 aromatic rings. The van der Waals surface area contributed by atoms with Gasteiger partial charge in [0.1, 0.15) is 5.82 Å². The molecular formula is C13H10F2N2O. The second-order valence-electron chi connectivity index (χ2n) is 3.64. The number of pyridine rings is 1. The lowest BCUT2D eigenvalue weighted by Crippen LogP contribution is -2.23. The van der Waals surface area contributed by atoms with Crippen LogP contribution in [0.2, 0.25) is 0 Å². The largest absolute Gasteiger partial charge is 0.348 e. The third kappa shape index (κ3) is 2.88. The lowest BCUT2D eigenvalue weighted by molar-refractivity contribution is 0.0950. The standard InChI is InChI=1S/C13H10F2N2O/c14-11-4-2-1-3-9(11)7-17-13(18)10-5-6-12(15)16-8-10/h1-6,8H,7H2,(H,17,18). The van der Waals surface area contributed by atoms with Crippen LogP contribution in [0.1, 0.15) is 15.9 Å². The van der Waals surface area contributed by atoms with E-state index in [2.05, 4.69) is 10.3 Å². The van der Waals surface area contributed by atoms with Crippen molar-refractivity contribution in [3.8, 4) is 0 Å². The number of nitrogens with zero attached hydrogens (tertiary/aromatic N) is 1. The van der Waals surface area contributed by atoms with Crippen LogP contribution in [-0.2, 0) is 6.54 Å². The molecule has 1 amide bonds. The fourth-order valence-corrected chi connectivity index (χ4v) is 1.43. The number of benzene rings is 1. The Labute approximate surface area is 102 Å². The summed E-state index contributed by atoms with van der Waals surface area (Å²) in [6.45, 7) is 0.0723. The average molecular weight is 248 g/mol. The Balaban J connectivity index is 2.01. The van der Waals surface area contributed by atoms with E-state index in [1.165, 1.54) is 12.1 Å². The maximum Gasteiger partial charge on any atom is 0.253 e. The van der Waals surface area contributed by atoms with Crippen LogP contribution in [0, 0.1) is 11.8 Å². The third-order valence-electron chi connectivity index (χ3n) is 2.39. The predicted molar refractivity (Wildman–Crippen MR) is 61.8 cm³/mol. The van der Waals surface area contributed by atoms with Crippen LogP contribution >= 0.6 is 0 Å². The van der Waals surface area contributed by atoms with Gasteiger partial charge in [-0.2, -0.15) is 4.39 Å². The molecule has 0 fully saturated rings. The van der Waals surface area contributed by atoms with E-state index in [1.807, 2.05) is 0 Å². The topological polar surface area (TPSA) is 42.0 Å². The van der Waals surface area contributed by atoms with Crippen molar-refractivity contribution in [2.45, 2.75) is 6.54 Å². The fraction of sp³-hybridized carbons (Fsp3) is 0.0769. The van der Waals surface area contributed by atoms with E-state index < -0.39 is 11.9 Å². The lowest BCUT2D eigenvalue weighted by Gasteiger charge is -2.05. The van der Waals surface area contributed by atoms with Crippen LogP contribution < -0.4 is 5.32 Å². The summed E-state index contributed by atoms with van der Waals surface area (Å²) in [4.78, 5) is 15.0. The molecule has 0 aliphatic heterocycles. The molecule has 0 unspecified atom stereocenters. The number of carbonyl (C=O) groups excluding carboxylic acids is 1. The van der Waals surface area contributed by atoms with Gasteiger partial charge in [0.05, 0.1) is 5.56 Å². The molecule has 5 heteroatoms. The number of carbonyl (C=O) groups is 1. The smallest absolute Gasteiger partial charge is 0.253 e. The number of amides is 1. The van der Waals surface area contributed by atoms with Crippen molar-refractivity contribution in [2.24, 2.45) is 0 Å². The fourth-order valence-electron chi connectivity index (χ4n) is 1.43. The van der Waals surface area contributed by atoms with E-state index in [9.17, 15) is 13.6 Å². The summed E-state index contributed by atoms with van der Waals surface area (Å²) >= 11 is 0. The van der Waals surface area contributed by atoms with Gasteiger partial charge >= 0.3 is 0 Å². The number of hydrogen-bond donors (Lipinski definition) is 1. The number of nitrogens with one attached hydrogen (secondary N) is 1. The predicted octanol–water partition coefficient (Wildman–Crippen LogP) is 2.29. The van der Waals surface area contributed by atoms with Crippen LogP contribution in [-0.4, -0.2) is 10.9 Å². The van der Waals surface area contributed by atoms with Gasteiger partial charge in [-0.25, -0.2) is 9.37 Å². The summed E-state index contributed by atoms with van der Waals surface area (Å²) in [5, 5.41) is 2.53. The van der Waals surface area contributed by atoms with Crippen LogP contribution in [0.4, 0.5) is 8.78 Å². The minimum Gasteiger partial charge on any atom is -0.348 e. The van der Waals surface area contributed by atoms with Crippen molar-refractivity contribution in [1.29, 1.82) is 0 Å². The van der Waals surface area contributed by atoms with Gasteiger partial charge < -0.3 is 5.32 Å². The molecular weight excluding hydrogens is 238 g/mol. The Morgan fingerprint density at radius 3 is 2.61 bits per heavy atom. The quantitative estimate of drug-likeness (QED) is 0.847. The highest BCUT2D eigenvalue weighted by atomic mass is 19.1. The molecule has 18 heavy (non-hydrogen) atoms. The van der Waals surface area contributed by atoms with Gasteiger partial charge in [-0.1, -0.05) is 18.2 Å². The Bertz CT molecular complexity index is 555. The molecule has 1 aromatic carbocycles. The van der Waals surface area contributed by atoms with Gasteiger partial charge in [-0.3, -0.25) is 4.79 Å². The lowest BCUT2D eigenvalue weighted by atomic mass is 10.2. The third-order valence-corrected chi connectivity index (χ3v) is 2.39. The van der Waals surface area contributed by atoms with Crippen LogP contribution in [0.25, 0.3) is 0 Å². The second kappa shape index (κ2) is 5.35. The number of hydrogen-bond acceptors (Lipinski definition) is 2. The zero-order chi connectivity index (χ0) is 13.0. The molecule has 0 aliphatic rings. The van der Waals surface area contributed by atoms with Crippen molar-refractivity contribution < 1.29 is 13.6 Å². The summed E-state index contributed by atoms with van der Waals surface area (Å²) in [5.74, 6) is -1.46. The highest BCUT2D eigenvalue weighted by Crippen LogP contribution is 2.06. The maximum absolute atomic E-state index is 13.3. The van der Waals surface area contributed by atoms with Crippen molar-refractivity contribution in [3.05, 3.63) is 65.5 Å². The normalized spacial score (nSPS) is 10.1. The van der Waals surface area contributed by atoms with Crippen LogP contribution in [0.15, 0.2) is 42.6 Å². The first-order valence-electron chi connectivity index (χ1n) is 5.30. The molecule has 0 spiro atoms. The van der Waals surface area contributed by atoms with E-state index in [0.29, 0.717) is 5.56 Å². The van der Waals surface area contributed by atoms with E-state index in [4.69, 9.17) is 0 Å². The zero-order valence-corrected chi connectivity index (χ0v) is 9.36. The molecule has 92 valence electrons. The molecule has 0 radical (unpaired) electrons. The molecule has 0 saturated carbocycles. The molecule has 0 atom stereocenters. The maximum atomic E-state index is 13.3. The van der Waals surface area contributed by atoms with E-state index in [0.717, 1.165) is 12.3 Å². The van der Waals surface area contributed by atoms with Crippen molar-refractivity contribution in [2.75, 3.05) is 0 Å². The Hall–Kier alpha value is -2.30. The summed E-state index contributed by atoms with van der Waals surface area (Å²) in [5.41, 5.74) is 0.619. The Morgan fingerprint density at radius 1 is 1.17 bits per heavy atom. The summed E-state index contributed by atoms with van der Waals surface area (Å²) in [6, 6.07) is 8.57. The SMILES string of the molecule is O=C(NCc1ccccc1F)c1ccc(F)nc1. The number of halogens is 2. The molecule has 0 bridgehead atoms. The summed E-state index contributed by atoms with van der Waals surface area (Å²) < 4.78 is 25.8. The van der Waals surface area contributed by atoms with Gasteiger partial charge in [0.2, 0.25) is 5.95 Å². The van der Waals surface area contributed by atoms with Gasteiger partial charge in [-0.15, -0.1) is 0 Å². The Kier molecular flexibility index (Phi) is 3.62. The first-order valence-corrected chi connectivity index (χ1v) is 5.30. The highest BCUT2D eigenvalue weighted by molar-refractivity contribution is 5.93. The number of aromatic nitrogens is 1. The minimum absolute atomic E-state index is 0.0723. The first kappa shape index (κ1) is 12.2. The summed E-state index contributed by atoms with van der Waals surface area (Å²) in [7, 11) is 0. The van der Waals surface area contributed by atoms with E-state index >= 15 is 0 Å². The molecule has 1 aromatic heterocycles. The molecule has 0 saturated heterocycles. The second-order valence-corrected chi connectivity index (χ2v) is 3.64. The minimum atomic E-state index is -0.652. The van der Waals surface area contributed by atoms with Gasteiger partial charge in [-0.05, 0) is 18.2 Å². The highest BCUT2D eigenvalue weighted by Gasteiger charge is 2.07. The molecule has 1 N–H and O–H groups in total. The van der Waals surface area contributed by atoms with Gasteiger partial charge in [0.25, 0.3) is 5.91 Å². The van der Waals surface area contributed by atoms with E-state index in [-0.39, 0.29) is 17.9 Å². The molecule has 2 rings (SSSR count). The molecule has 0 aliphatic carbocycles. The monoisotopic (exact) mass is 248 g/mol. The molecule has 1 heterocycles.